The average molecular weight is 284 g/mol. The van der Waals surface area contributed by atoms with E-state index in [4.69, 9.17) is 5.11 Å². The maximum atomic E-state index is 13.4. The third kappa shape index (κ3) is 3.47. The van der Waals surface area contributed by atoms with Crippen LogP contribution < -0.4 is 5.32 Å². The van der Waals surface area contributed by atoms with Gasteiger partial charge in [-0.05, 0) is 12.1 Å². The Bertz CT molecular complexity index is 601. The quantitative estimate of drug-likeness (QED) is 0.885. The van der Waals surface area contributed by atoms with Gasteiger partial charge in [0.2, 0.25) is 0 Å². The van der Waals surface area contributed by atoms with Gasteiger partial charge in [0.1, 0.15) is 0 Å². The topological polar surface area (TPSA) is 62.2 Å². The molecule has 0 aliphatic carbocycles. The number of carbonyl (C=O) groups is 1. The summed E-state index contributed by atoms with van der Waals surface area (Å²) < 4.78 is 26.4. The summed E-state index contributed by atoms with van der Waals surface area (Å²) >= 11 is 1.21. The number of thiazole rings is 1. The van der Waals surface area contributed by atoms with E-state index in [1.807, 2.05) is 0 Å². The summed E-state index contributed by atoms with van der Waals surface area (Å²) in [5.41, 5.74) is 0.603. The van der Waals surface area contributed by atoms with Gasteiger partial charge in [-0.1, -0.05) is 6.07 Å². The molecule has 0 spiro atoms. The number of nitrogens with zero attached hydrogens (tertiary/aromatic N) is 1. The number of nitrogens with one attached hydrogen (secondary N) is 1. The van der Waals surface area contributed by atoms with Gasteiger partial charge in [-0.2, -0.15) is 0 Å². The van der Waals surface area contributed by atoms with Gasteiger partial charge in [-0.25, -0.2) is 13.8 Å². The predicted molar refractivity (Wildman–Crippen MR) is 67.7 cm³/mol. The SMILES string of the molecule is O=C(O)CCc1csc(Nc2cccc(F)c2F)n1. The van der Waals surface area contributed by atoms with Crippen molar-refractivity contribution in [1.82, 2.24) is 4.98 Å². The van der Waals surface area contributed by atoms with Crippen LogP contribution in [0.3, 0.4) is 0 Å². The molecule has 1 aromatic carbocycles. The van der Waals surface area contributed by atoms with Crippen LogP contribution in [0.2, 0.25) is 0 Å². The standard InChI is InChI=1S/C12H10F2N2O2S/c13-8-2-1-3-9(11(8)14)16-12-15-7(6-19-12)4-5-10(17)18/h1-3,6H,4-5H2,(H,15,16)(H,17,18). The van der Waals surface area contributed by atoms with Gasteiger partial charge in [-0.3, -0.25) is 4.79 Å². The lowest BCUT2D eigenvalue weighted by molar-refractivity contribution is -0.136. The van der Waals surface area contributed by atoms with E-state index in [1.165, 1.54) is 23.5 Å². The van der Waals surface area contributed by atoms with Crippen LogP contribution in [0, 0.1) is 11.6 Å². The molecule has 2 rings (SSSR count). The highest BCUT2D eigenvalue weighted by Gasteiger charge is 2.10. The Morgan fingerprint density at radius 3 is 2.95 bits per heavy atom. The molecular weight excluding hydrogens is 274 g/mol. The fourth-order valence-electron chi connectivity index (χ4n) is 1.43. The van der Waals surface area contributed by atoms with Crippen molar-refractivity contribution < 1.29 is 18.7 Å². The Hall–Kier alpha value is -2.02. The summed E-state index contributed by atoms with van der Waals surface area (Å²) in [5.74, 6) is -2.81. The van der Waals surface area contributed by atoms with Gasteiger partial charge in [0.05, 0.1) is 17.8 Å². The van der Waals surface area contributed by atoms with Crippen LogP contribution in [0.5, 0.6) is 0 Å². The summed E-state index contributed by atoms with van der Waals surface area (Å²) in [5, 5.41) is 13.3. The molecule has 4 nitrogen and oxygen atoms in total. The van der Waals surface area contributed by atoms with Crippen LogP contribution in [0.1, 0.15) is 12.1 Å². The van der Waals surface area contributed by atoms with Crippen LogP contribution >= 0.6 is 11.3 Å². The molecule has 100 valence electrons. The molecule has 1 heterocycles. The molecule has 0 aliphatic rings. The second-order valence-electron chi connectivity index (χ2n) is 3.76. The zero-order valence-corrected chi connectivity index (χ0v) is 10.5. The second kappa shape index (κ2) is 5.75. The van der Waals surface area contributed by atoms with E-state index in [1.54, 1.807) is 5.38 Å². The van der Waals surface area contributed by atoms with E-state index in [-0.39, 0.29) is 12.1 Å². The summed E-state index contributed by atoms with van der Waals surface area (Å²) in [6.45, 7) is 0. The van der Waals surface area contributed by atoms with Crippen molar-refractivity contribution in [2.75, 3.05) is 5.32 Å². The highest BCUT2D eigenvalue weighted by molar-refractivity contribution is 7.13. The van der Waals surface area contributed by atoms with E-state index in [9.17, 15) is 13.6 Å². The van der Waals surface area contributed by atoms with E-state index in [2.05, 4.69) is 10.3 Å². The Balaban J connectivity index is 2.07. The lowest BCUT2D eigenvalue weighted by Gasteiger charge is -2.04. The maximum Gasteiger partial charge on any atom is 0.303 e. The zero-order valence-electron chi connectivity index (χ0n) is 9.69. The molecule has 2 aromatic rings. The van der Waals surface area contributed by atoms with Gasteiger partial charge in [-0.15, -0.1) is 11.3 Å². The Labute approximate surface area is 111 Å². The lowest BCUT2D eigenvalue weighted by Crippen LogP contribution is -1.98. The van der Waals surface area contributed by atoms with E-state index >= 15 is 0 Å². The Morgan fingerprint density at radius 1 is 1.42 bits per heavy atom. The number of halogens is 2. The molecule has 0 amide bonds. The number of anilines is 2. The van der Waals surface area contributed by atoms with Crippen molar-refractivity contribution in [1.29, 1.82) is 0 Å². The number of aromatic nitrogens is 1. The third-order valence-corrected chi connectivity index (χ3v) is 3.15. The Morgan fingerprint density at radius 2 is 2.21 bits per heavy atom. The second-order valence-corrected chi connectivity index (χ2v) is 4.62. The molecule has 0 fully saturated rings. The van der Waals surface area contributed by atoms with Gasteiger partial charge in [0, 0.05) is 11.8 Å². The van der Waals surface area contributed by atoms with Crippen molar-refractivity contribution in [3.8, 4) is 0 Å². The third-order valence-electron chi connectivity index (χ3n) is 2.34. The van der Waals surface area contributed by atoms with Gasteiger partial charge in [0.25, 0.3) is 0 Å². The number of hydrogen-bond donors (Lipinski definition) is 2. The van der Waals surface area contributed by atoms with Crippen molar-refractivity contribution >= 4 is 28.1 Å². The van der Waals surface area contributed by atoms with Crippen molar-refractivity contribution in [2.45, 2.75) is 12.8 Å². The van der Waals surface area contributed by atoms with E-state index in [0.717, 1.165) is 6.07 Å². The smallest absolute Gasteiger partial charge is 0.303 e. The summed E-state index contributed by atoms with van der Waals surface area (Å²) in [4.78, 5) is 14.5. The van der Waals surface area contributed by atoms with E-state index < -0.39 is 17.6 Å². The fraction of sp³-hybridized carbons (Fsp3) is 0.167. The molecule has 0 bridgehead atoms. The minimum atomic E-state index is -0.968. The highest BCUT2D eigenvalue weighted by Crippen LogP contribution is 2.24. The zero-order chi connectivity index (χ0) is 13.8. The van der Waals surface area contributed by atoms with Crippen LogP contribution in [-0.4, -0.2) is 16.1 Å². The molecular formula is C12H10F2N2O2S. The van der Waals surface area contributed by atoms with Crippen LogP contribution in [0.4, 0.5) is 19.6 Å². The van der Waals surface area contributed by atoms with Crippen molar-refractivity contribution in [3.05, 3.63) is 40.9 Å². The number of benzene rings is 1. The van der Waals surface area contributed by atoms with Crippen molar-refractivity contribution in [3.63, 3.8) is 0 Å². The molecule has 0 unspecified atom stereocenters. The van der Waals surface area contributed by atoms with Crippen LogP contribution in [-0.2, 0) is 11.2 Å². The molecule has 0 aliphatic heterocycles. The molecule has 2 N–H and O–H groups in total. The predicted octanol–water partition coefficient (Wildman–Crippen LogP) is 3.18. The molecule has 19 heavy (non-hydrogen) atoms. The largest absolute Gasteiger partial charge is 0.481 e. The molecule has 1 aromatic heterocycles. The van der Waals surface area contributed by atoms with Crippen LogP contribution in [0.25, 0.3) is 0 Å². The first-order valence-electron chi connectivity index (χ1n) is 5.43. The average Bonchev–Trinajstić information content (AvgIpc) is 2.80. The molecule has 0 atom stereocenters. The molecule has 7 heteroatoms. The number of aryl methyl sites for hydroxylation is 1. The normalized spacial score (nSPS) is 10.4. The number of hydrogen-bond acceptors (Lipinski definition) is 4. The number of aliphatic carboxylic acids is 1. The van der Waals surface area contributed by atoms with E-state index in [0.29, 0.717) is 17.2 Å². The Kier molecular flexibility index (Phi) is 4.06. The first-order chi connectivity index (χ1) is 9.06. The van der Waals surface area contributed by atoms with Gasteiger partial charge >= 0.3 is 5.97 Å². The first kappa shape index (κ1) is 13.4. The minimum Gasteiger partial charge on any atom is -0.481 e. The maximum absolute atomic E-state index is 13.4. The molecule has 0 saturated heterocycles. The number of rotatable bonds is 5. The molecule has 0 radical (unpaired) electrons. The summed E-state index contributed by atoms with van der Waals surface area (Å²) in [6.07, 6.45) is 0.288. The fourth-order valence-corrected chi connectivity index (χ4v) is 2.19. The highest BCUT2D eigenvalue weighted by atomic mass is 32.1. The summed E-state index contributed by atoms with van der Waals surface area (Å²) in [6, 6.07) is 3.82. The monoisotopic (exact) mass is 284 g/mol. The molecule has 0 saturated carbocycles. The van der Waals surface area contributed by atoms with Gasteiger partial charge in [0.15, 0.2) is 16.8 Å². The lowest BCUT2D eigenvalue weighted by atomic mass is 10.2. The number of carboxylic acid groups (broad SMARTS) is 1. The first-order valence-corrected chi connectivity index (χ1v) is 6.31. The van der Waals surface area contributed by atoms with Crippen LogP contribution in [0.15, 0.2) is 23.6 Å². The number of carboxylic acids is 1. The van der Waals surface area contributed by atoms with Crippen molar-refractivity contribution in [2.24, 2.45) is 0 Å². The summed E-state index contributed by atoms with van der Waals surface area (Å²) in [7, 11) is 0. The van der Waals surface area contributed by atoms with Gasteiger partial charge < -0.3 is 10.4 Å². The minimum absolute atomic E-state index is 0.000801.